The molecule has 108 heavy (non-hydrogen) atoms. The van der Waals surface area contributed by atoms with Crippen LogP contribution in [0.4, 0.5) is 0 Å². The number of ether oxygens (including phenoxy) is 2. The number of hydrogen-bond donors (Lipinski definition) is 0. The highest BCUT2D eigenvalue weighted by Gasteiger charge is 2.38. The molecule has 0 radical (unpaired) electrons. The summed E-state index contributed by atoms with van der Waals surface area (Å²) in [6.07, 6.45) is 56.8. The topological polar surface area (TPSA) is 70.0 Å². The van der Waals surface area contributed by atoms with E-state index in [-0.39, 0.29) is 24.4 Å². The Morgan fingerprint density at radius 1 is 0.250 bits per heavy atom. The van der Waals surface area contributed by atoms with Crippen LogP contribution in [0.25, 0.3) is 45.0 Å². The molecule has 4 fully saturated rings. The first-order valence-corrected chi connectivity index (χ1v) is 44.7. The molecule has 4 heterocycles. The minimum absolute atomic E-state index is 0.0884. The first-order valence-electron chi connectivity index (χ1n) is 44.7. The van der Waals surface area contributed by atoms with Gasteiger partial charge >= 0.3 is 0 Å². The highest BCUT2D eigenvalue weighted by molar-refractivity contribution is 5.62. The van der Waals surface area contributed by atoms with Gasteiger partial charge in [-0.1, -0.05) is 318 Å². The van der Waals surface area contributed by atoms with Gasteiger partial charge in [-0.15, -0.1) is 0 Å². The average molecular weight is 1450 g/mol. The lowest BCUT2D eigenvalue weighted by molar-refractivity contribution is -0.0907. The molecule has 6 heteroatoms. The number of aryl methyl sites for hydroxylation is 4. The maximum Gasteiger partial charge on any atom is 0.0861 e. The third-order valence-electron chi connectivity index (χ3n) is 26.1. The molecule has 580 valence electrons. The third-order valence-corrected chi connectivity index (χ3v) is 26.1. The highest BCUT2D eigenvalue weighted by Crippen LogP contribution is 2.50. The number of benzene rings is 4. The van der Waals surface area contributed by atoms with E-state index in [1.165, 1.54) is 285 Å². The Hall–Kier alpha value is -6.60. The largest absolute Gasteiger partial charge is 0.365 e. The molecule has 0 saturated heterocycles. The summed E-state index contributed by atoms with van der Waals surface area (Å²) in [7, 11) is 0. The fourth-order valence-electron chi connectivity index (χ4n) is 19.0. The van der Waals surface area contributed by atoms with Crippen LogP contribution in [0.15, 0.2) is 170 Å². The van der Waals surface area contributed by atoms with E-state index in [2.05, 4.69) is 226 Å². The normalized spacial score (nSPS) is 21.5. The van der Waals surface area contributed by atoms with Crippen LogP contribution >= 0.6 is 0 Å². The highest BCUT2D eigenvalue weighted by atomic mass is 16.5. The number of rotatable bonds is 38. The van der Waals surface area contributed by atoms with Crippen molar-refractivity contribution in [3.63, 3.8) is 0 Å². The van der Waals surface area contributed by atoms with Crippen LogP contribution in [-0.4, -0.2) is 19.9 Å². The molecular formula is C102H140N4O2. The van der Waals surface area contributed by atoms with Crippen molar-refractivity contribution in [2.24, 2.45) is 47.3 Å². The van der Waals surface area contributed by atoms with Gasteiger partial charge in [0.05, 0.1) is 47.2 Å². The predicted molar refractivity (Wildman–Crippen MR) is 457 cm³/mol. The summed E-state index contributed by atoms with van der Waals surface area (Å²) in [5.41, 5.74) is 19.7. The van der Waals surface area contributed by atoms with Gasteiger partial charge in [-0.05, 0) is 219 Å². The van der Waals surface area contributed by atoms with Gasteiger partial charge in [-0.2, -0.15) is 0 Å². The van der Waals surface area contributed by atoms with Gasteiger partial charge in [0.15, 0.2) is 0 Å². The van der Waals surface area contributed by atoms with E-state index in [1.54, 1.807) is 0 Å². The lowest BCUT2D eigenvalue weighted by Crippen LogP contribution is -2.28. The van der Waals surface area contributed by atoms with E-state index in [4.69, 9.17) is 29.4 Å². The Morgan fingerprint density at radius 3 is 0.657 bits per heavy atom. The minimum Gasteiger partial charge on any atom is -0.365 e. The van der Waals surface area contributed by atoms with Crippen molar-refractivity contribution in [3.8, 4) is 45.0 Å². The quantitative estimate of drug-likeness (QED) is 0.0359. The lowest BCUT2D eigenvalue weighted by atomic mass is 9.75. The molecule has 8 aromatic rings. The van der Waals surface area contributed by atoms with Crippen molar-refractivity contribution >= 4 is 0 Å². The summed E-state index contributed by atoms with van der Waals surface area (Å²) in [6, 6.07) is 55.2. The van der Waals surface area contributed by atoms with E-state index >= 15 is 0 Å². The predicted octanol–water partition coefficient (Wildman–Crippen LogP) is 29.8. The second kappa shape index (κ2) is 44.4. The summed E-state index contributed by atoms with van der Waals surface area (Å²) >= 11 is 0. The van der Waals surface area contributed by atoms with E-state index < -0.39 is 0 Å². The van der Waals surface area contributed by atoms with Crippen molar-refractivity contribution in [1.82, 2.24) is 19.9 Å². The molecule has 4 aliphatic carbocycles. The summed E-state index contributed by atoms with van der Waals surface area (Å²) in [4.78, 5) is 19.6. The smallest absolute Gasteiger partial charge is 0.0861 e. The second-order valence-electron chi connectivity index (χ2n) is 34.0. The molecule has 4 unspecified atom stereocenters. The van der Waals surface area contributed by atoms with Gasteiger partial charge in [0.1, 0.15) is 0 Å². The summed E-state index contributed by atoms with van der Waals surface area (Å²) in [6.45, 7) is 18.5. The second-order valence-corrected chi connectivity index (χ2v) is 34.0. The Kier molecular flexibility index (Phi) is 33.9. The summed E-state index contributed by atoms with van der Waals surface area (Å²) < 4.78 is 15.3. The number of nitrogens with zero attached hydrogens (tertiary/aromatic N) is 4. The molecule has 12 rings (SSSR count). The molecule has 4 saturated carbocycles. The zero-order valence-corrected chi connectivity index (χ0v) is 68.6. The molecule has 0 bridgehead atoms. The molecule has 4 aromatic heterocycles. The molecule has 6 nitrogen and oxygen atoms in total. The van der Waals surface area contributed by atoms with E-state index in [9.17, 15) is 0 Å². The molecule has 0 spiro atoms. The Labute approximate surface area is 656 Å². The monoisotopic (exact) mass is 1450 g/mol. The van der Waals surface area contributed by atoms with Crippen molar-refractivity contribution in [2.75, 3.05) is 0 Å². The van der Waals surface area contributed by atoms with Crippen molar-refractivity contribution < 1.29 is 9.47 Å². The molecule has 4 aromatic carbocycles. The van der Waals surface area contributed by atoms with Crippen LogP contribution in [0.3, 0.4) is 0 Å². The maximum atomic E-state index is 7.68. The number of hydrogen-bond acceptors (Lipinski definition) is 6. The maximum absolute atomic E-state index is 7.68. The van der Waals surface area contributed by atoms with Gasteiger partial charge < -0.3 is 9.47 Å². The molecule has 4 aliphatic rings. The van der Waals surface area contributed by atoms with Gasteiger partial charge in [0.2, 0.25) is 0 Å². The average Bonchev–Trinajstić information content (AvgIpc) is 0.800. The standard InChI is InChI=1S/C52H72N2O.C50H68N2O/c1-5-9-11-15-41-21-35-49(53-37-41)43-27-31-47(32-28-43)51(45-23-17-39(13-7-3)18-24-45)55-52(46-25-19-40(14-8-4)20-26-46)48-33-29-44(30-34-48)50-36-22-42(38-54-50)16-12-10-6-2;1-5-9-11-13-39-19-33-47(51-35-39)41-25-29-45(30-26-41)49(43-21-15-37(7-3)16-22-43)53-50(44-23-17-38(8-4)18-24-44)46-31-27-42(28-32-46)48-34-20-40(36-52-48)14-12-10-6-2/h21-22,27-40,45-46,51-52H,5-20,23-26H2,1-4H3;19-20,25-38,43-44,49-50H,5-18,21-24H2,1-4H3/t39-,40-,45-,46-,51?,52?;37-,38-,43-,44-,49?,50?. The van der Waals surface area contributed by atoms with E-state index in [0.29, 0.717) is 23.7 Å². The first kappa shape index (κ1) is 82.4. The van der Waals surface area contributed by atoms with Crippen LogP contribution in [0.2, 0.25) is 0 Å². The van der Waals surface area contributed by atoms with Crippen LogP contribution in [0.1, 0.15) is 343 Å². The van der Waals surface area contributed by atoms with Crippen molar-refractivity contribution in [1.29, 1.82) is 0 Å². The summed E-state index contributed by atoms with van der Waals surface area (Å²) in [5, 5.41) is 0. The van der Waals surface area contributed by atoms with Crippen LogP contribution in [-0.2, 0) is 35.2 Å². The number of unbranched alkanes of at least 4 members (excludes halogenated alkanes) is 8. The van der Waals surface area contributed by atoms with Crippen LogP contribution < -0.4 is 0 Å². The Balaban J connectivity index is 0.000000215. The zero-order valence-electron chi connectivity index (χ0n) is 68.6. The Bertz CT molecular complexity index is 3470. The first-order chi connectivity index (χ1) is 53.2. The molecule has 4 atom stereocenters. The molecular weight excluding hydrogens is 1310 g/mol. The van der Waals surface area contributed by atoms with Gasteiger partial charge in [0.25, 0.3) is 0 Å². The number of pyridine rings is 4. The molecule has 0 amide bonds. The summed E-state index contributed by atoms with van der Waals surface area (Å²) in [5.74, 6) is 5.62. The van der Waals surface area contributed by atoms with Crippen LogP contribution in [0.5, 0.6) is 0 Å². The molecule has 0 N–H and O–H groups in total. The van der Waals surface area contributed by atoms with Crippen molar-refractivity contribution in [3.05, 3.63) is 215 Å². The Morgan fingerprint density at radius 2 is 0.472 bits per heavy atom. The van der Waals surface area contributed by atoms with Crippen molar-refractivity contribution in [2.45, 2.75) is 324 Å². The zero-order chi connectivity index (χ0) is 75.1. The van der Waals surface area contributed by atoms with E-state index in [1.807, 2.05) is 0 Å². The van der Waals surface area contributed by atoms with Gasteiger partial charge in [0, 0.05) is 47.0 Å². The minimum atomic E-state index is 0.0884. The third kappa shape index (κ3) is 24.2. The fourth-order valence-corrected chi connectivity index (χ4v) is 19.0. The van der Waals surface area contributed by atoms with Gasteiger partial charge in [-0.25, -0.2) is 0 Å². The van der Waals surface area contributed by atoms with Gasteiger partial charge in [-0.3, -0.25) is 19.9 Å². The van der Waals surface area contributed by atoms with E-state index in [0.717, 1.165) is 72.1 Å². The van der Waals surface area contributed by atoms with Crippen LogP contribution in [0, 0.1) is 47.3 Å². The fraction of sp³-hybridized carbons (Fsp3) is 0.569. The number of aromatic nitrogens is 4. The molecule has 0 aliphatic heterocycles. The lowest BCUT2D eigenvalue weighted by Gasteiger charge is -2.40. The SMILES string of the molecule is CCCCCc1ccc(-c2ccc(C(OC(c3ccc(-c4ccc(CCCCC)cn4)cc3)[C@H]3CC[C@H](CC)CC3)[C@H]3CC[C@H](CC)CC3)cc2)nc1.CCCCCc1ccc(-c2ccc(C(OC(c3ccc(-c4ccc(CCCCC)cn4)cc3)[C@H]3CC[C@H](CCC)CC3)[C@H]3CC[C@H](CCC)CC3)cc2)nc1.